The van der Waals surface area contributed by atoms with Crippen molar-refractivity contribution in [3.05, 3.63) is 11.8 Å². The lowest BCUT2D eigenvalue weighted by Gasteiger charge is -2.20. The van der Waals surface area contributed by atoms with Gasteiger partial charge in [-0.2, -0.15) is 0 Å². The molecule has 1 rings (SSSR count). The molecule has 1 N–H and O–H groups in total. The van der Waals surface area contributed by atoms with E-state index in [-0.39, 0.29) is 11.9 Å². The van der Waals surface area contributed by atoms with E-state index in [2.05, 4.69) is 4.90 Å². The fourth-order valence-corrected chi connectivity index (χ4v) is 1.47. The summed E-state index contributed by atoms with van der Waals surface area (Å²) in [7, 11) is 0. The second-order valence-corrected chi connectivity index (χ2v) is 4.04. The van der Waals surface area contributed by atoms with Gasteiger partial charge in [0.1, 0.15) is 0 Å². The fraction of sp³-hybridized carbons (Fsp3) is 0.727. The molecule has 0 aromatic rings. The van der Waals surface area contributed by atoms with Crippen molar-refractivity contribution in [1.29, 1.82) is 0 Å². The van der Waals surface area contributed by atoms with Crippen LogP contribution in [0, 0.1) is 0 Å². The third-order valence-electron chi connectivity index (χ3n) is 2.46. The van der Waals surface area contributed by atoms with Gasteiger partial charge in [0.05, 0.1) is 19.1 Å². The Bertz CT molecular complexity index is 248. The highest BCUT2D eigenvalue weighted by atomic mass is 16.5. The highest BCUT2D eigenvalue weighted by Gasteiger charge is 2.18. The Morgan fingerprint density at radius 1 is 1.47 bits per heavy atom. The minimum absolute atomic E-state index is 0.0459. The Morgan fingerprint density at radius 3 is 2.73 bits per heavy atom. The zero-order valence-electron chi connectivity index (χ0n) is 9.40. The van der Waals surface area contributed by atoms with Crippen LogP contribution < -0.4 is 0 Å². The van der Waals surface area contributed by atoms with Crippen LogP contribution in [0.3, 0.4) is 0 Å². The Morgan fingerprint density at radius 2 is 2.13 bits per heavy atom. The molecule has 0 atom stereocenters. The summed E-state index contributed by atoms with van der Waals surface area (Å²) in [5, 5.41) is 8.86. The minimum atomic E-state index is 0.0459. The van der Waals surface area contributed by atoms with Crippen LogP contribution in [0.15, 0.2) is 11.8 Å². The minimum Gasteiger partial charge on any atom is -0.515 e. The lowest BCUT2D eigenvalue weighted by Crippen LogP contribution is -2.29. The van der Waals surface area contributed by atoms with Crippen LogP contribution in [0.4, 0.5) is 0 Å². The Labute approximate surface area is 90.5 Å². The van der Waals surface area contributed by atoms with Crippen LogP contribution in [0.25, 0.3) is 0 Å². The number of rotatable bonds is 3. The first-order valence-corrected chi connectivity index (χ1v) is 5.34. The maximum Gasteiger partial charge on any atom is 0.163 e. The van der Waals surface area contributed by atoms with Crippen LogP contribution in [0.5, 0.6) is 0 Å². The van der Waals surface area contributed by atoms with E-state index in [1.54, 1.807) is 0 Å². The number of Topliss-reactive ketones (excluding diaryl/α,β-unsaturated/α-hetero) is 1. The number of hydrogen-bond acceptors (Lipinski definition) is 4. The zero-order valence-corrected chi connectivity index (χ0v) is 9.40. The largest absolute Gasteiger partial charge is 0.515 e. The first-order valence-electron chi connectivity index (χ1n) is 5.34. The van der Waals surface area contributed by atoms with Gasteiger partial charge in [-0.05, 0) is 20.3 Å². The molecule has 4 heteroatoms. The average molecular weight is 213 g/mol. The molecular weight excluding hydrogens is 194 g/mol. The van der Waals surface area contributed by atoms with E-state index in [0.717, 1.165) is 12.8 Å². The van der Waals surface area contributed by atoms with Gasteiger partial charge in [0.25, 0.3) is 0 Å². The van der Waals surface area contributed by atoms with Gasteiger partial charge in [0, 0.05) is 25.1 Å². The molecule has 0 spiro atoms. The normalized spacial score (nSPS) is 22.3. The van der Waals surface area contributed by atoms with E-state index in [4.69, 9.17) is 9.84 Å². The Balaban J connectivity index is 2.42. The van der Waals surface area contributed by atoms with Gasteiger partial charge in [-0.15, -0.1) is 0 Å². The maximum atomic E-state index is 11.4. The highest BCUT2D eigenvalue weighted by Crippen LogP contribution is 2.12. The SMILES string of the molecule is CC(C)OCN1CCC(=O)/C(=C/O)CC1. The van der Waals surface area contributed by atoms with E-state index in [1.165, 1.54) is 0 Å². The lowest BCUT2D eigenvalue weighted by molar-refractivity contribution is -0.115. The number of carbonyl (C=O) groups excluding carboxylic acids is 1. The van der Waals surface area contributed by atoms with Crippen LogP contribution in [-0.4, -0.2) is 41.7 Å². The van der Waals surface area contributed by atoms with Crippen LogP contribution >= 0.6 is 0 Å². The van der Waals surface area contributed by atoms with E-state index in [0.29, 0.717) is 31.7 Å². The second kappa shape index (κ2) is 5.88. The summed E-state index contributed by atoms with van der Waals surface area (Å²) in [5.74, 6) is 0.0459. The average Bonchev–Trinajstić information content (AvgIpc) is 2.37. The van der Waals surface area contributed by atoms with E-state index in [1.807, 2.05) is 13.8 Å². The predicted octanol–water partition coefficient (Wildman–Crippen LogP) is 1.48. The van der Waals surface area contributed by atoms with Crippen molar-refractivity contribution in [3.63, 3.8) is 0 Å². The smallest absolute Gasteiger partial charge is 0.163 e. The van der Waals surface area contributed by atoms with Gasteiger partial charge in [-0.3, -0.25) is 9.69 Å². The number of nitrogens with zero attached hydrogens (tertiary/aromatic N) is 1. The van der Waals surface area contributed by atoms with Crippen molar-refractivity contribution >= 4 is 5.78 Å². The molecule has 1 saturated heterocycles. The molecule has 0 aromatic heterocycles. The molecule has 1 aliphatic heterocycles. The molecule has 0 amide bonds. The standard InChI is InChI=1S/C11H19NO3/c1-9(2)15-8-12-5-3-10(7-13)11(14)4-6-12/h7,9,13H,3-6,8H2,1-2H3/b10-7+. The highest BCUT2D eigenvalue weighted by molar-refractivity contribution is 5.95. The number of ketones is 1. The molecule has 0 bridgehead atoms. The molecule has 15 heavy (non-hydrogen) atoms. The number of aliphatic hydroxyl groups is 1. The molecule has 0 unspecified atom stereocenters. The van der Waals surface area contributed by atoms with Crippen LogP contribution in [0.1, 0.15) is 26.7 Å². The molecule has 4 nitrogen and oxygen atoms in total. The number of carbonyl (C=O) groups is 1. The maximum absolute atomic E-state index is 11.4. The molecule has 86 valence electrons. The monoisotopic (exact) mass is 213 g/mol. The number of ether oxygens (including phenoxy) is 1. The summed E-state index contributed by atoms with van der Waals surface area (Å²) in [6, 6.07) is 0. The summed E-state index contributed by atoms with van der Waals surface area (Å²) in [6.45, 7) is 6.02. The van der Waals surface area contributed by atoms with Gasteiger partial charge in [0.15, 0.2) is 5.78 Å². The molecule has 0 radical (unpaired) electrons. The van der Waals surface area contributed by atoms with E-state index < -0.39 is 0 Å². The summed E-state index contributed by atoms with van der Waals surface area (Å²) >= 11 is 0. The zero-order chi connectivity index (χ0) is 11.3. The van der Waals surface area contributed by atoms with Crippen molar-refractivity contribution in [1.82, 2.24) is 4.90 Å². The number of hydrogen-bond donors (Lipinski definition) is 1. The molecule has 1 aliphatic rings. The molecule has 0 saturated carbocycles. The van der Waals surface area contributed by atoms with Gasteiger partial charge in [0.2, 0.25) is 0 Å². The number of aliphatic hydroxyl groups excluding tert-OH is 1. The van der Waals surface area contributed by atoms with Crippen molar-refractivity contribution in [2.24, 2.45) is 0 Å². The van der Waals surface area contributed by atoms with Gasteiger partial charge in [-0.25, -0.2) is 0 Å². The third kappa shape index (κ3) is 4.01. The number of likely N-dealkylation sites (tertiary alicyclic amines) is 1. The van der Waals surface area contributed by atoms with Crippen LogP contribution in [0.2, 0.25) is 0 Å². The summed E-state index contributed by atoms with van der Waals surface area (Å²) in [5.41, 5.74) is 0.530. The lowest BCUT2D eigenvalue weighted by atomic mass is 10.1. The van der Waals surface area contributed by atoms with Crippen molar-refractivity contribution in [3.8, 4) is 0 Å². The van der Waals surface area contributed by atoms with E-state index >= 15 is 0 Å². The molecular formula is C11H19NO3. The van der Waals surface area contributed by atoms with E-state index in [9.17, 15) is 4.79 Å². The first kappa shape index (κ1) is 12.2. The van der Waals surface area contributed by atoms with Gasteiger partial charge >= 0.3 is 0 Å². The molecule has 0 aliphatic carbocycles. The predicted molar refractivity (Wildman–Crippen MR) is 57.6 cm³/mol. The van der Waals surface area contributed by atoms with Gasteiger partial charge < -0.3 is 9.84 Å². The van der Waals surface area contributed by atoms with Crippen LogP contribution in [-0.2, 0) is 9.53 Å². The molecule has 1 heterocycles. The third-order valence-corrected chi connectivity index (χ3v) is 2.46. The van der Waals surface area contributed by atoms with Gasteiger partial charge in [-0.1, -0.05) is 0 Å². The quantitative estimate of drug-likeness (QED) is 0.570. The summed E-state index contributed by atoms with van der Waals surface area (Å²) in [4.78, 5) is 13.5. The molecule has 1 fully saturated rings. The van der Waals surface area contributed by atoms with Crippen molar-refractivity contribution < 1.29 is 14.6 Å². The summed E-state index contributed by atoms with van der Waals surface area (Å²) in [6.07, 6.45) is 2.22. The molecule has 0 aromatic carbocycles. The summed E-state index contributed by atoms with van der Waals surface area (Å²) < 4.78 is 5.47. The Hall–Kier alpha value is -0.870. The van der Waals surface area contributed by atoms with Crippen molar-refractivity contribution in [2.75, 3.05) is 19.8 Å². The first-order chi connectivity index (χ1) is 7.13. The Kier molecular flexibility index (Phi) is 4.78. The fourth-order valence-electron chi connectivity index (χ4n) is 1.47. The topological polar surface area (TPSA) is 49.8 Å². The second-order valence-electron chi connectivity index (χ2n) is 4.04. The van der Waals surface area contributed by atoms with Crippen molar-refractivity contribution in [2.45, 2.75) is 32.8 Å².